The quantitative estimate of drug-likeness (QED) is 0.342. The van der Waals surface area contributed by atoms with Gasteiger partial charge in [-0.3, -0.25) is 20.3 Å². The van der Waals surface area contributed by atoms with Crippen LogP contribution in [0, 0.1) is 11.3 Å². The van der Waals surface area contributed by atoms with E-state index >= 15 is 0 Å². The van der Waals surface area contributed by atoms with Crippen LogP contribution >= 0.6 is 0 Å². The van der Waals surface area contributed by atoms with Gasteiger partial charge in [-0.1, -0.05) is 0 Å². The molecule has 0 saturated carbocycles. The van der Waals surface area contributed by atoms with Crippen LogP contribution in [-0.2, 0) is 9.59 Å². The number of hydrogen-bond donors (Lipinski definition) is 2. The molecule has 0 bridgehead atoms. The number of nitrogens with one attached hydrogen (secondary N) is 2. The van der Waals surface area contributed by atoms with Gasteiger partial charge in [0.2, 0.25) is 5.91 Å². The molecule has 0 spiro atoms. The zero-order valence-corrected chi connectivity index (χ0v) is 6.73. The van der Waals surface area contributed by atoms with Gasteiger partial charge in [0.15, 0.2) is 0 Å². The summed E-state index contributed by atoms with van der Waals surface area (Å²) in [6, 6.07) is 0. The summed E-state index contributed by atoms with van der Waals surface area (Å²) in [5, 5.41) is 8.23. The third-order valence-electron chi connectivity index (χ3n) is 1.77. The van der Waals surface area contributed by atoms with Crippen molar-refractivity contribution in [3.05, 3.63) is 5.57 Å². The lowest BCUT2D eigenvalue weighted by Gasteiger charge is -2.24. The Morgan fingerprint density at radius 1 is 1.43 bits per heavy atom. The monoisotopic (exact) mass is 206 g/mol. The van der Waals surface area contributed by atoms with Crippen molar-refractivity contribution < 1.29 is 22.8 Å². The normalized spacial score (nSPS) is 23.1. The van der Waals surface area contributed by atoms with E-state index in [4.69, 9.17) is 5.41 Å². The summed E-state index contributed by atoms with van der Waals surface area (Å²) in [4.78, 5) is 21.5. The van der Waals surface area contributed by atoms with E-state index < -0.39 is 35.9 Å². The number of hydrogen-bond acceptors (Lipinski definition) is 3. The van der Waals surface area contributed by atoms with Crippen molar-refractivity contribution in [3.8, 4) is 0 Å². The molecular formula is C7H5F3N2O2. The highest BCUT2D eigenvalue weighted by Crippen LogP contribution is 2.35. The molecule has 0 aliphatic carbocycles. The Kier molecular flexibility index (Phi) is 2.44. The highest BCUT2D eigenvalue weighted by atomic mass is 19.4. The number of carbonyl (C=O) groups excluding carboxylic acids is 2. The van der Waals surface area contributed by atoms with Crippen LogP contribution < -0.4 is 5.32 Å². The summed E-state index contributed by atoms with van der Waals surface area (Å²) >= 11 is 0. The first kappa shape index (κ1) is 10.5. The lowest BCUT2D eigenvalue weighted by molar-refractivity contribution is -0.174. The number of imide groups is 1. The molecule has 4 nitrogen and oxygen atoms in total. The van der Waals surface area contributed by atoms with E-state index in [0.717, 1.165) is 0 Å². The van der Waals surface area contributed by atoms with Gasteiger partial charge in [-0.25, -0.2) is 0 Å². The van der Waals surface area contributed by atoms with E-state index in [1.165, 1.54) is 5.87 Å². The molecule has 2 N–H and O–H groups in total. The SMILES string of the molecule is N=C=C1C(=O)NC(=O)CC1C(F)(F)F. The maximum atomic E-state index is 12.2. The molecule has 0 aromatic heterocycles. The van der Waals surface area contributed by atoms with E-state index in [-0.39, 0.29) is 0 Å². The minimum Gasteiger partial charge on any atom is -0.292 e. The predicted octanol–water partition coefficient (Wildman–Crippen LogP) is 0.386. The third kappa shape index (κ3) is 1.82. The first-order valence-electron chi connectivity index (χ1n) is 3.56. The summed E-state index contributed by atoms with van der Waals surface area (Å²) in [6.07, 6.45) is -5.56. The van der Waals surface area contributed by atoms with Gasteiger partial charge in [0, 0.05) is 6.42 Å². The predicted molar refractivity (Wildman–Crippen MR) is 38.6 cm³/mol. The van der Waals surface area contributed by atoms with Crippen LogP contribution in [0.2, 0.25) is 0 Å². The van der Waals surface area contributed by atoms with Gasteiger partial charge < -0.3 is 0 Å². The zero-order chi connectivity index (χ0) is 10.9. The van der Waals surface area contributed by atoms with Crippen LogP contribution in [0.5, 0.6) is 0 Å². The van der Waals surface area contributed by atoms with Crippen LogP contribution in [0.25, 0.3) is 0 Å². The molecule has 0 aromatic rings. The van der Waals surface area contributed by atoms with Crippen molar-refractivity contribution in [2.45, 2.75) is 12.6 Å². The standard InChI is InChI=1S/C7H5F3N2O2/c8-7(9,10)4-1-5(13)12-6(14)3(4)2-11/h4,11H,1H2,(H,12,13,14). The Balaban J connectivity index is 3.08. The number of alkyl halides is 3. The van der Waals surface area contributed by atoms with Crippen LogP contribution in [-0.4, -0.2) is 23.9 Å². The van der Waals surface area contributed by atoms with Crippen molar-refractivity contribution in [1.29, 1.82) is 5.41 Å². The Hall–Kier alpha value is -1.62. The largest absolute Gasteiger partial charge is 0.397 e. The Morgan fingerprint density at radius 3 is 2.43 bits per heavy atom. The molecule has 0 radical (unpaired) electrons. The summed E-state index contributed by atoms with van der Waals surface area (Å²) in [5.74, 6) is -2.98. The second kappa shape index (κ2) is 3.26. The van der Waals surface area contributed by atoms with Crippen molar-refractivity contribution in [3.63, 3.8) is 0 Å². The molecular weight excluding hydrogens is 201 g/mol. The smallest absolute Gasteiger partial charge is 0.292 e. The Morgan fingerprint density at radius 2 is 2.00 bits per heavy atom. The number of halogens is 3. The highest BCUT2D eigenvalue weighted by molar-refractivity contribution is 6.12. The second-order valence-corrected chi connectivity index (χ2v) is 2.71. The number of amides is 2. The molecule has 76 valence electrons. The second-order valence-electron chi connectivity index (χ2n) is 2.71. The fraction of sp³-hybridized carbons (Fsp3) is 0.429. The summed E-state index contributed by atoms with van der Waals surface area (Å²) < 4.78 is 36.7. The average molecular weight is 206 g/mol. The Labute approximate surface area is 76.3 Å². The van der Waals surface area contributed by atoms with Crippen LogP contribution in [0.1, 0.15) is 6.42 Å². The van der Waals surface area contributed by atoms with Gasteiger partial charge in [0.05, 0.1) is 5.57 Å². The van der Waals surface area contributed by atoms with Crippen LogP contribution in [0.3, 0.4) is 0 Å². The van der Waals surface area contributed by atoms with Crippen molar-refractivity contribution >= 4 is 17.7 Å². The molecule has 1 saturated heterocycles. The van der Waals surface area contributed by atoms with Gasteiger partial charge in [-0.05, 0) is 5.87 Å². The maximum Gasteiger partial charge on any atom is 0.397 e. The summed E-state index contributed by atoms with van der Waals surface area (Å²) in [6.45, 7) is 0. The topological polar surface area (TPSA) is 70.0 Å². The van der Waals surface area contributed by atoms with Crippen molar-refractivity contribution in [2.24, 2.45) is 5.92 Å². The van der Waals surface area contributed by atoms with E-state index in [2.05, 4.69) is 0 Å². The molecule has 1 aliphatic heterocycles. The van der Waals surface area contributed by atoms with Crippen molar-refractivity contribution in [1.82, 2.24) is 5.32 Å². The molecule has 0 aromatic carbocycles. The fourth-order valence-electron chi connectivity index (χ4n) is 1.11. The molecule has 1 aliphatic rings. The van der Waals surface area contributed by atoms with Gasteiger partial charge in [0.1, 0.15) is 5.92 Å². The highest BCUT2D eigenvalue weighted by Gasteiger charge is 2.48. The number of rotatable bonds is 0. The molecule has 7 heteroatoms. The van der Waals surface area contributed by atoms with E-state index in [1.54, 1.807) is 5.32 Å². The molecule has 1 rings (SSSR count). The van der Waals surface area contributed by atoms with Gasteiger partial charge >= 0.3 is 6.18 Å². The van der Waals surface area contributed by atoms with Crippen LogP contribution in [0.15, 0.2) is 5.57 Å². The molecule has 14 heavy (non-hydrogen) atoms. The van der Waals surface area contributed by atoms with E-state index in [9.17, 15) is 22.8 Å². The lowest BCUT2D eigenvalue weighted by Crippen LogP contribution is -2.45. The molecule has 2 amide bonds. The molecule has 1 fully saturated rings. The third-order valence-corrected chi connectivity index (χ3v) is 1.77. The summed E-state index contributed by atoms with van der Waals surface area (Å²) in [7, 11) is 0. The first-order valence-corrected chi connectivity index (χ1v) is 3.56. The fourth-order valence-corrected chi connectivity index (χ4v) is 1.11. The maximum absolute atomic E-state index is 12.2. The molecule has 1 unspecified atom stereocenters. The zero-order valence-electron chi connectivity index (χ0n) is 6.73. The minimum absolute atomic E-state index is 0.850. The molecule has 1 atom stereocenters. The van der Waals surface area contributed by atoms with E-state index in [0.29, 0.717) is 0 Å². The van der Waals surface area contributed by atoms with Gasteiger partial charge in [-0.2, -0.15) is 13.2 Å². The van der Waals surface area contributed by atoms with E-state index in [1.807, 2.05) is 0 Å². The first-order chi connectivity index (χ1) is 6.36. The lowest BCUT2D eigenvalue weighted by atomic mass is 9.91. The molecule has 1 heterocycles. The van der Waals surface area contributed by atoms with Crippen molar-refractivity contribution in [2.75, 3.05) is 0 Å². The van der Waals surface area contributed by atoms with Crippen LogP contribution in [0.4, 0.5) is 13.2 Å². The summed E-state index contributed by atoms with van der Waals surface area (Å²) in [5.41, 5.74) is -0.850. The number of carbonyl (C=O) groups is 2. The average Bonchev–Trinajstić information content (AvgIpc) is 2.01. The van der Waals surface area contributed by atoms with Gasteiger partial charge in [0.25, 0.3) is 5.91 Å². The number of piperidine rings is 1. The van der Waals surface area contributed by atoms with Gasteiger partial charge in [-0.15, -0.1) is 0 Å². The Bertz CT molecular complexity index is 341. The minimum atomic E-state index is -4.70.